The zero-order chi connectivity index (χ0) is 21.7. The lowest BCUT2D eigenvalue weighted by Crippen LogP contribution is -2.17. The highest BCUT2D eigenvalue weighted by molar-refractivity contribution is 6.00. The van der Waals surface area contributed by atoms with E-state index in [4.69, 9.17) is 10.5 Å². The molecule has 2 atom stereocenters. The molecule has 0 radical (unpaired) electrons. The van der Waals surface area contributed by atoms with Crippen LogP contribution >= 0.6 is 0 Å². The van der Waals surface area contributed by atoms with Gasteiger partial charge in [-0.1, -0.05) is 30.3 Å². The summed E-state index contributed by atoms with van der Waals surface area (Å²) in [5, 5.41) is 0.943. The van der Waals surface area contributed by atoms with Crippen LogP contribution in [0.25, 0.3) is 22.2 Å². The molecule has 2 unspecified atom stereocenters. The first-order chi connectivity index (χ1) is 15.7. The van der Waals surface area contributed by atoms with E-state index in [2.05, 4.69) is 44.8 Å². The molecule has 162 valence electrons. The third-order valence-electron chi connectivity index (χ3n) is 7.08. The van der Waals surface area contributed by atoms with Gasteiger partial charge in [-0.25, -0.2) is 9.97 Å². The summed E-state index contributed by atoms with van der Waals surface area (Å²) >= 11 is 0. The molecule has 0 amide bonds. The number of hydrogen-bond donors (Lipinski definition) is 1. The van der Waals surface area contributed by atoms with Crippen molar-refractivity contribution in [3.63, 3.8) is 0 Å². The van der Waals surface area contributed by atoms with Crippen LogP contribution in [0, 0.1) is 11.8 Å². The molecular weight excluding hydrogens is 398 g/mol. The third kappa shape index (κ3) is 3.31. The number of para-hydroxylation sites is 1. The van der Waals surface area contributed by atoms with Crippen molar-refractivity contribution < 1.29 is 4.74 Å². The van der Waals surface area contributed by atoms with Crippen LogP contribution in [0.4, 0.5) is 5.82 Å². The molecule has 2 N–H and O–H groups in total. The maximum Gasteiger partial charge on any atom is 0.146 e. The molecule has 3 heterocycles. The van der Waals surface area contributed by atoms with E-state index >= 15 is 0 Å². The average Bonchev–Trinajstić information content (AvgIpc) is 3.46. The van der Waals surface area contributed by atoms with Gasteiger partial charge in [-0.3, -0.25) is 0 Å². The molecule has 32 heavy (non-hydrogen) atoms. The zero-order valence-electron chi connectivity index (χ0n) is 18.2. The number of nitrogens with zero attached hydrogens (tertiary/aromatic N) is 4. The van der Waals surface area contributed by atoms with Gasteiger partial charge in [0.2, 0.25) is 0 Å². The van der Waals surface area contributed by atoms with Crippen molar-refractivity contribution in [1.82, 2.24) is 19.4 Å². The lowest BCUT2D eigenvalue weighted by Gasteiger charge is -2.17. The minimum atomic E-state index is 0.463. The Hall–Kier alpha value is -3.38. The Morgan fingerprint density at radius 3 is 2.31 bits per heavy atom. The van der Waals surface area contributed by atoms with Gasteiger partial charge in [0.15, 0.2) is 0 Å². The number of fused-ring (bicyclic) bond motifs is 2. The topological polar surface area (TPSA) is 69.2 Å². The van der Waals surface area contributed by atoms with Crippen molar-refractivity contribution in [1.29, 1.82) is 0 Å². The van der Waals surface area contributed by atoms with Crippen molar-refractivity contribution >= 4 is 16.9 Å². The van der Waals surface area contributed by atoms with Crippen LogP contribution in [0.2, 0.25) is 0 Å². The molecule has 2 fully saturated rings. The molecule has 6 heteroatoms. The Labute approximate surface area is 187 Å². The summed E-state index contributed by atoms with van der Waals surface area (Å²) in [6.45, 7) is 2.40. The van der Waals surface area contributed by atoms with Gasteiger partial charge in [0.05, 0.1) is 5.39 Å². The van der Waals surface area contributed by atoms with Crippen LogP contribution < -0.4 is 10.5 Å². The molecule has 1 aliphatic heterocycles. The molecule has 0 spiro atoms. The predicted molar refractivity (Wildman–Crippen MR) is 127 cm³/mol. The summed E-state index contributed by atoms with van der Waals surface area (Å²) in [7, 11) is 2.23. The Morgan fingerprint density at radius 2 is 1.59 bits per heavy atom. The Kier molecular flexibility index (Phi) is 4.61. The molecule has 1 saturated heterocycles. The van der Waals surface area contributed by atoms with Crippen molar-refractivity contribution in [2.75, 3.05) is 25.9 Å². The Bertz CT molecular complexity index is 1240. The fourth-order valence-electron chi connectivity index (χ4n) is 5.66. The fraction of sp³-hybridized carbons (Fsp3) is 0.308. The van der Waals surface area contributed by atoms with Gasteiger partial charge < -0.3 is 19.9 Å². The molecule has 1 aliphatic carbocycles. The summed E-state index contributed by atoms with van der Waals surface area (Å²) in [5.41, 5.74) is 9.47. The van der Waals surface area contributed by atoms with Crippen molar-refractivity contribution in [2.45, 2.75) is 18.9 Å². The number of anilines is 1. The number of rotatable bonds is 4. The van der Waals surface area contributed by atoms with Crippen molar-refractivity contribution in [3.05, 3.63) is 67.1 Å². The second-order valence-electron chi connectivity index (χ2n) is 9.21. The number of ether oxygens (including phenoxy) is 1. The average molecular weight is 426 g/mol. The highest BCUT2D eigenvalue weighted by atomic mass is 16.5. The van der Waals surface area contributed by atoms with Crippen LogP contribution in [-0.2, 0) is 0 Å². The van der Waals surface area contributed by atoms with Gasteiger partial charge in [0, 0.05) is 30.9 Å². The lowest BCUT2D eigenvalue weighted by molar-refractivity contribution is 0.354. The van der Waals surface area contributed by atoms with Crippen LogP contribution in [0.5, 0.6) is 11.5 Å². The molecule has 2 aromatic heterocycles. The molecule has 4 aromatic rings. The molecule has 0 bridgehead atoms. The first-order valence-electron chi connectivity index (χ1n) is 11.3. The standard InChI is InChI=1S/C26H27N5O/c1-30-13-18-11-20(12-19(18)14-30)31-15-23(24-25(27)28-16-29-26(24)31)17-7-9-22(10-8-17)32-21-5-3-2-4-6-21/h2-10,15-16,18-20H,11-14H2,1H3,(H2,27,28,29). The molecule has 6 rings (SSSR count). The Balaban J connectivity index is 1.34. The SMILES string of the molecule is CN1CC2CC(n3cc(-c4ccc(Oc5ccccc5)cc4)c4c(N)ncnc43)CC2C1. The smallest absolute Gasteiger partial charge is 0.146 e. The van der Waals surface area contributed by atoms with E-state index in [1.807, 2.05) is 42.5 Å². The van der Waals surface area contributed by atoms with Gasteiger partial charge in [-0.05, 0) is 61.6 Å². The van der Waals surface area contributed by atoms with Crippen LogP contribution in [0.15, 0.2) is 67.1 Å². The highest BCUT2D eigenvalue weighted by Crippen LogP contribution is 2.46. The van der Waals surface area contributed by atoms with E-state index in [9.17, 15) is 0 Å². The van der Waals surface area contributed by atoms with Crippen LogP contribution in [0.3, 0.4) is 0 Å². The summed E-state index contributed by atoms with van der Waals surface area (Å²) in [6, 6.07) is 18.5. The third-order valence-corrected chi connectivity index (χ3v) is 7.08. The number of nitrogen functional groups attached to an aromatic ring is 1. The maximum absolute atomic E-state index is 6.35. The van der Waals surface area contributed by atoms with E-state index in [1.165, 1.54) is 25.9 Å². The van der Waals surface area contributed by atoms with Gasteiger partial charge in [0.1, 0.15) is 29.3 Å². The van der Waals surface area contributed by atoms with Gasteiger partial charge in [-0.2, -0.15) is 0 Å². The van der Waals surface area contributed by atoms with Crippen molar-refractivity contribution in [2.24, 2.45) is 11.8 Å². The molecule has 1 saturated carbocycles. The van der Waals surface area contributed by atoms with Crippen molar-refractivity contribution in [3.8, 4) is 22.6 Å². The first kappa shape index (κ1) is 19.3. The van der Waals surface area contributed by atoms with E-state index in [0.717, 1.165) is 45.5 Å². The fourth-order valence-corrected chi connectivity index (χ4v) is 5.66. The lowest BCUT2D eigenvalue weighted by atomic mass is 10.0. The Morgan fingerprint density at radius 1 is 0.906 bits per heavy atom. The van der Waals surface area contributed by atoms with Crippen LogP contribution in [0.1, 0.15) is 18.9 Å². The van der Waals surface area contributed by atoms with Gasteiger partial charge >= 0.3 is 0 Å². The van der Waals surface area contributed by atoms with E-state index in [0.29, 0.717) is 11.9 Å². The summed E-state index contributed by atoms with van der Waals surface area (Å²) in [4.78, 5) is 11.4. The van der Waals surface area contributed by atoms with Crippen LogP contribution in [-0.4, -0.2) is 39.6 Å². The second-order valence-corrected chi connectivity index (χ2v) is 9.21. The first-order valence-corrected chi connectivity index (χ1v) is 11.3. The quantitative estimate of drug-likeness (QED) is 0.499. The molecular formula is C26H27N5O. The van der Waals surface area contributed by atoms with Gasteiger partial charge in [-0.15, -0.1) is 0 Å². The number of aromatic nitrogens is 3. The minimum Gasteiger partial charge on any atom is -0.457 e. The highest BCUT2D eigenvalue weighted by Gasteiger charge is 2.40. The number of hydrogen-bond acceptors (Lipinski definition) is 5. The normalized spacial score (nSPS) is 23.0. The summed E-state index contributed by atoms with van der Waals surface area (Å²) in [6.07, 6.45) is 6.22. The monoisotopic (exact) mass is 425 g/mol. The van der Waals surface area contributed by atoms with Gasteiger partial charge in [0.25, 0.3) is 0 Å². The van der Waals surface area contributed by atoms with E-state index in [-0.39, 0.29) is 0 Å². The number of likely N-dealkylation sites (tertiary alicyclic amines) is 1. The van der Waals surface area contributed by atoms with E-state index in [1.54, 1.807) is 6.33 Å². The molecule has 6 nitrogen and oxygen atoms in total. The second kappa shape index (κ2) is 7.64. The summed E-state index contributed by atoms with van der Waals surface area (Å²) < 4.78 is 8.32. The molecule has 2 aromatic carbocycles. The zero-order valence-corrected chi connectivity index (χ0v) is 18.2. The predicted octanol–water partition coefficient (Wildman–Crippen LogP) is 4.99. The molecule has 2 aliphatic rings. The van der Waals surface area contributed by atoms with E-state index < -0.39 is 0 Å². The number of nitrogens with two attached hydrogens (primary N) is 1. The largest absolute Gasteiger partial charge is 0.457 e. The minimum absolute atomic E-state index is 0.463. The maximum atomic E-state index is 6.35. The number of benzene rings is 2. The summed E-state index contributed by atoms with van der Waals surface area (Å²) in [5.74, 6) is 3.72.